The van der Waals surface area contributed by atoms with Crippen LogP contribution in [0.5, 0.6) is 0 Å². The number of aromatic nitrogens is 4. The second kappa shape index (κ2) is 4.64. The van der Waals surface area contributed by atoms with Crippen molar-refractivity contribution in [3.63, 3.8) is 0 Å². The molecule has 1 aromatic carbocycles. The van der Waals surface area contributed by atoms with Gasteiger partial charge >= 0.3 is 0 Å². The van der Waals surface area contributed by atoms with Gasteiger partial charge in [-0.1, -0.05) is 35.1 Å². The molecular weight excluding hydrogens is 270 g/mol. The lowest BCUT2D eigenvalue weighted by Crippen LogP contribution is -2.00. The number of rotatable bonds is 3. The van der Waals surface area contributed by atoms with Crippen molar-refractivity contribution < 1.29 is 0 Å². The smallest absolute Gasteiger partial charge is 0.234 e. The van der Waals surface area contributed by atoms with Crippen LogP contribution in [0.4, 0.5) is 0 Å². The number of benzene rings is 1. The molecule has 0 saturated heterocycles. The summed E-state index contributed by atoms with van der Waals surface area (Å²) in [6.45, 7) is 0.425. The van der Waals surface area contributed by atoms with Gasteiger partial charge in [-0.05, 0) is 17.7 Å². The molecule has 0 atom stereocenters. The van der Waals surface area contributed by atoms with E-state index in [9.17, 15) is 0 Å². The molecule has 0 aliphatic rings. The minimum Gasteiger partial charge on any atom is -0.324 e. The minimum atomic E-state index is 0.425. The fraction of sp³-hybridized carbons (Fsp3) is 0.182. The topological polar surface area (TPSA) is 69.1 Å². The first kappa shape index (κ1) is 11.6. The van der Waals surface area contributed by atoms with Gasteiger partial charge in [-0.15, -0.1) is 10.2 Å². The third-order valence-electron chi connectivity index (χ3n) is 2.55. The predicted molar refractivity (Wildman–Crippen MR) is 70.8 cm³/mol. The fourth-order valence-corrected chi connectivity index (χ4v) is 2.53. The molecule has 0 amide bonds. The van der Waals surface area contributed by atoms with E-state index in [0.717, 1.165) is 26.4 Å². The molecule has 0 unspecified atom stereocenters. The molecule has 3 aromatic rings. The summed E-state index contributed by atoms with van der Waals surface area (Å²) in [7, 11) is 0. The normalized spacial score (nSPS) is 11.2. The van der Waals surface area contributed by atoms with E-state index in [-0.39, 0.29) is 0 Å². The van der Waals surface area contributed by atoms with Gasteiger partial charge in [-0.3, -0.25) is 0 Å². The van der Waals surface area contributed by atoms with E-state index in [1.54, 1.807) is 4.52 Å². The molecule has 18 heavy (non-hydrogen) atoms. The van der Waals surface area contributed by atoms with Crippen LogP contribution in [0.1, 0.15) is 16.4 Å². The number of hydrogen-bond donors (Lipinski definition) is 1. The summed E-state index contributed by atoms with van der Waals surface area (Å²) in [5.74, 6) is 0.809. The second-order valence-corrected chi connectivity index (χ2v) is 5.29. The largest absolute Gasteiger partial charge is 0.324 e. The highest BCUT2D eigenvalue weighted by Gasteiger charge is 2.11. The van der Waals surface area contributed by atoms with Crippen molar-refractivity contribution in [2.75, 3.05) is 0 Å². The van der Waals surface area contributed by atoms with E-state index < -0.39 is 0 Å². The first-order valence-electron chi connectivity index (χ1n) is 5.41. The van der Waals surface area contributed by atoms with Crippen LogP contribution in [0, 0.1) is 0 Å². The second-order valence-electron chi connectivity index (χ2n) is 3.81. The Morgan fingerprint density at radius 2 is 2.00 bits per heavy atom. The highest BCUT2D eigenvalue weighted by atomic mass is 35.5. The summed E-state index contributed by atoms with van der Waals surface area (Å²) < 4.78 is 1.75. The van der Waals surface area contributed by atoms with E-state index in [2.05, 4.69) is 15.3 Å². The number of fused-ring (bicyclic) bond motifs is 1. The van der Waals surface area contributed by atoms with Crippen molar-refractivity contribution in [3.8, 4) is 0 Å². The Kier molecular flexibility index (Phi) is 2.99. The lowest BCUT2D eigenvalue weighted by Gasteiger charge is -1.98. The third-order valence-corrected chi connectivity index (χ3v) is 3.72. The maximum absolute atomic E-state index is 5.85. The Bertz CT molecular complexity index is 672. The minimum absolute atomic E-state index is 0.425. The van der Waals surface area contributed by atoms with Gasteiger partial charge in [0.15, 0.2) is 5.82 Å². The molecule has 0 radical (unpaired) electrons. The van der Waals surface area contributed by atoms with Crippen molar-refractivity contribution in [2.45, 2.75) is 13.0 Å². The summed E-state index contributed by atoms with van der Waals surface area (Å²) in [5.41, 5.74) is 6.69. The molecule has 0 bridgehead atoms. The zero-order valence-corrected chi connectivity index (χ0v) is 10.9. The van der Waals surface area contributed by atoms with Crippen molar-refractivity contribution in [2.24, 2.45) is 5.73 Å². The first-order chi connectivity index (χ1) is 8.76. The van der Waals surface area contributed by atoms with Crippen molar-refractivity contribution >= 4 is 27.9 Å². The summed E-state index contributed by atoms with van der Waals surface area (Å²) in [6.07, 6.45) is 0.673. The highest BCUT2D eigenvalue weighted by molar-refractivity contribution is 7.16. The summed E-state index contributed by atoms with van der Waals surface area (Å²) in [4.78, 5) is 0.777. The summed E-state index contributed by atoms with van der Waals surface area (Å²) >= 11 is 7.32. The van der Waals surface area contributed by atoms with Crippen LogP contribution in [-0.4, -0.2) is 19.8 Å². The lowest BCUT2D eigenvalue weighted by atomic mass is 10.1. The number of halogens is 1. The van der Waals surface area contributed by atoms with Crippen LogP contribution >= 0.6 is 22.9 Å². The van der Waals surface area contributed by atoms with Gasteiger partial charge in [-0.25, -0.2) is 0 Å². The number of nitrogens with two attached hydrogens (primary N) is 1. The predicted octanol–water partition coefficient (Wildman–Crippen LogP) is 1.89. The molecule has 3 rings (SSSR count). The fourth-order valence-electron chi connectivity index (χ4n) is 1.67. The zero-order chi connectivity index (χ0) is 12.5. The van der Waals surface area contributed by atoms with E-state index >= 15 is 0 Å². The monoisotopic (exact) mass is 279 g/mol. The quantitative estimate of drug-likeness (QED) is 0.795. The van der Waals surface area contributed by atoms with E-state index in [1.165, 1.54) is 11.3 Å². The first-order valence-corrected chi connectivity index (χ1v) is 6.60. The molecular formula is C11H10ClN5S. The molecule has 92 valence electrons. The highest BCUT2D eigenvalue weighted by Crippen LogP contribution is 2.16. The molecule has 0 spiro atoms. The molecule has 0 saturated carbocycles. The van der Waals surface area contributed by atoms with Gasteiger partial charge in [-0.2, -0.15) is 9.61 Å². The van der Waals surface area contributed by atoms with E-state index in [1.807, 2.05) is 24.3 Å². The molecule has 0 aliphatic carbocycles. The average Bonchev–Trinajstić information content (AvgIpc) is 2.93. The Balaban J connectivity index is 1.94. The average molecular weight is 280 g/mol. The number of nitrogens with zero attached hydrogens (tertiary/aromatic N) is 4. The van der Waals surface area contributed by atoms with Crippen LogP contribution in [0.2, 0.25) is 5.02 Å². The van der Waals surface area contributed by atoms with Crippen molar-refractivity contribution in [3.05, 3.63) is 45.7 Å². The number of hydrogen-bond acceptors (Lipinski definition) is 5. The van der Waals surface area contributed by atoms with Crippen LogP contribution < -0.4 is 5.73 Å². The molecule has 0 fully saturated rings. The van der Waals surface area contributed by atoms with Gasteiger partial charge < -0.3 is 5.73 Å². The molecule has 7 heteroatoms. The van der Waals surface area contributed by atoms with Crippen LogP contribution in [-0.2, 0) is 13.0 Å². The lowest BCUT2D eigenvalue weighted by molar-refractivity contribution is 0.821. The van der Waals surface area contributed by atoms with Gasteiger partial charge in [0.25, 0.3) is 0 Å². The standard InChI is InChI=1S/C11H10ClN5S/c12-8-3-1-7(2-4-8)5-9-14-15-11-17(9)16-10(6-13)18-11/h1-4H,5-6,13H2. The Labute approximate surface area is 112 Å². The van der Waals surface area contributed by atoms with Crippen LogP contribution in [0.25, 0.3) is 4.96 Å². The maximum Gasteiger partial charge on any atom is 0.234 e. The van der Waals surface area contributed by atoms with Gasteiger partial charge in [0.05, 0.1) is 0 Å². The SMILES string of the molecule is NCc1nn2c(Cc3ccc(Cl)cc3)nnc2s1. The third kappa shape index (κ3) is 2.10. The van der Waals surface area contributed by atoms with Gasteiger partial charge in [0.1, 0.15) is 5.01 Å². The maximum atomic E-state index is 5.85. The van der Waals surface area contributed by atoms with Crippen LogP contribution in [0.15, 0.2) is 24.3 Å². The summed E-state index contributed by atoms with van der Waals surface area (Å²) in [5, 5.41) is 14.2. The Hall–Kier alpha value is -1.50. The van der Waals surface area contributed by atoms with Gasteiger partial charge in [0.2, 0.25) is 4.96 Å². The Morgan fingerprint density at radius 3 is 2.72 bits per heavy atom. The molecule has 2 heterocycles. The van der Waals surface area contributed by atoms with Crippen molar-refractivity contribution in [1.82, 2.24) is 19.8 Å². The molecule has 0 aliphatic heterocycles. The van der Waals surface area contributed by atoms with Gasteiger partial charge in [0, 0.05) is 18.0 Å². The summed E-state index contributed by atoms with van der Waals surface area (Å²) in [6, 6.07) is 7.67. The zero-order valence-electron chi connectivity index (χ0n) is 9.38. The molecule has 2 aromatic heterocycles. The van der Waals surface area contributed by atoms with E-state index in [0.29, 0.717) is 13.0 Å². The van der Waals surface area contributed by atoms with Crippen LogP contribution in [0.3, 0.4) is 0 Å². The Morgan fingerprint density at radius 1 is 1.22 bits per heavy atom. The molecule has 2 N–H and O–H groups in total. The van der Waals surface area contributed by atoms with Crippen molar-refractivity contribution in [1.29, 1.82) is 0 Å². The molecule has 5 nitrogen and oxygen atoms in total. The van der Waals surface area contributed by atoms with E-state index in [4.69, 9.17) is 17.3 Å².